The molecule has 0 bridgehead atoms. The van der Waals surface area contributed by atoms with Gasteiger partial charge in [-0.2, -0.15) is 0 Å². The van der Waals surface area contributed by atoms with Gasteiger partial charge >= 0.3 is 0 Å². The quantitative estimate of drug-likeness (QED) is 0.566. The van der Waals surface area contributed by atoms with E-state index in [9.17, 15) is 9.59 Å². The lowest BCUT2D eigenvalue weighted by molar-refractivity contribution is 0.0972. The zero-order valence-corrected chi connectivity index (χ0v) is 12.2. The molecule has 6 heteroatoms. The van der Waals surface area contributed by atoms with Gasteiger partial charge in [0.2, 0.25) is 11.6 Å². The minimum Gasteiger partial charge on any atom is -0.494 e. The Morgan fingerprint density at radius 1 is 0.913 bits per heavy atom. The molecule has 2 aromatic carbocycles. The van der Waals surface area contributed by atoms with Gasteiger partial charge in [0.05, 0.1) is 7.11 Å². The first-order chi connectivity index (χ1) is 11.2. The first-order valence-corrected chi connectivity index (χ1v) is 7.00. The second kappa shape index (κ2) is 4.88. The Kier molecular flexibility index (Phi) is 2.84. The molecule has 0 saturated carbocycles. The van der Waals surface area contributed by atoms with Crippen LogP contribution < -0.4 is 4.74 Å². The van der Waals surface area contributed by atoms with Crippen LogP contribution in [0.25, 0.3) is 5.69 Å². The SMILES string of the molecule is COc1ccccc1-n1nnc2c1C(=O)c1ccccc1C2=O. The Bertz CT molecular complexity index is 959. The summed E-state index contributed by atoms with van der Waals surface area (Å²) < 4.78 is 6.67. The number of carbonyl (C=O) groups excluding carboxylic acids is 2. The van der Waals surface area contributed by atoms with Gasteiger partial charge in [0.15, 0.2) is 5.69 Å². The molecule has 112 valence electrons. The molecule has 0 N–H and O–H groups in total. The maximum Gasteiger partial charge on any atom is 0.216 e. The summed E-state index contributed by atoms with van der Waals surface area (Å²) in [4.78, 5) is 25.4. The molecule has 23 heavy (non-hydrogen) atoms. The summed E-state index contributed by atoms with van der Waals surface area (Å²) in [6, 6.07) is 13.8. The minimum absolute atomic E-state index is 0.0691. The number of nitrogens with zero attached hydrogens (tertiary/aromatic N) is 3. The van der Waals surface area contributed by atoms with Crippen LogP contribution in [0.5, 0.6) is 5.75 Å². The number of benzene rings is 2. The van der Waals surface area contributed by atoms with E-state index in [-0.39, 0.29) is 23.0 Å². The number of hydrogen-bond acceptors (Lipinski definition) is 5. The summed E-state index contributed by atoms with van der Waals surface area (Å²) >= 11 is 0. The Labute approximate surface area is 131 Å². The number of rotatable bonds is 2. The van der Waals surface area contributed by atoms with E-state index in [1.165, 1.54) is 11.8 Å². The molecule has 1 aliphatic carbocycles. The van der Waals surface area contributed by atoms with Gasteiger partial charge in [-0.1, -0.05) is 41.6 Å². The van der Waals surface area contributed by atoms with Crippen molar-refractivity contribution >= 4 is 11.6 Å². The number of hydrogen-bond donors (Lipinski definition) is 0. The number of fused-ring (bicyclic) bond motifs is 2. The molecule has 0 aliphatic heterocycles. The first kappa shape index (κ1) is 13.4. The molecule has 1 aliphatic rings. The van der Waals surface area contributed by atoms with Crippen molar-refractivity contribution < 1.29 is 14.3 Å². The third-order valence-corrected chi connectivity index (χ3v) is 3.83. The predicted octanol–water partition coefficient (Wildman–Crippen LogP) is 2.05. The molecule has 0 unspecified atom stereocenters. The first-order valence-electron chi connectivity index (χ1n) is 7.00. The lowest BCUT2D eigenvalue weighted by atomic mass is 9.90. The zero-order valence-electron chi connectivity index (χ0n) is 12.2. The number of para-hydroxylation sites is 2. The van der Waals surface area contributed by atoms with Gasteiger partial charge in [0, 0.05) is 11.1 Å². The average Bonchev–Trinajstić information content (AvgIpc) is 3.05. The Morgan fingerprint density at radius 2 is 1.57 bits per heavy atom. The smallest absolute Gasteiger partial charge is 0.216 e. The maximum absolute atomic E-state index is 12.8. The second-order valence-corrected chi connectivity index (χ2v) is 5.07. The summed E-state index contributed by atoms with van der Waals surface area (Å²) in [6.45, 7) is 0. The van der Waals surface area contributed by atoms with E-state index < -0.39 is 0 Å². The van der Waals surface area contributed by atoms with Gasteiger partial charge in [0.1, 0.15) is 17.1 Å². The van der Waals surface area contributed by atoms with Gasteiger partial charge < -0.3 is 4.74 Å². The van der Waals surface area contributed by atoms with Crippen LogP contribution in [0.2, 0.25) is 0 Å². The number of aromatic nitrogens is 3. The van der Waals surface area contributed by atoms with E-state index in [2.05, 4.69) is 10.3 Å². The van der Waals surface area contributed by atoms with Crippen molar-refractivity contribution in [1.29, 1.82) is 0 Å². The molecular weight excluding hydrogens is 294 g/mol. The Morgan fingerprint density at radius 3 is 2.30 bits per heavy atom. The van der Waals surface area contributed by atoms with Crippen molar-refractivity contribution in [2.24, 2.45) is 0 Å². The van der Waals surface area contributed by atoms with Crippen LogP contribution >= 0.6 is 0 Å². The highest BCUT2D eigenvalue weighted by Gasteiger charge is 2.35. The Balaban J connectivity index is 1.97. The van der Waals surface area contributed by atoms with Crippen molar-refractivity contribution in [2.45, 2.75) is 0 Å². The van der Waals surface area contributed by atoms with Crippen molar-refractivity contribution in [2.75, 3.05) is 7.11 Å². The second-order valence-electron chi connectivity index (χ2n) is 5.07. The molecule has 6 nitrogen and oxygen atoms in total. The van der Waals surface area contributed by atoms with Crippen LogP contribution in [0.1, 0.15) is 32.1 Å². The molecular formula is C17H11N3O3. The standard InChI is InChI=1S/C17H11N3O3/c1-23-13-9-5-4-8-12(13)20-15-14(18-19-20)16(21)10-6-2-3-7-11(10)17(15)22/h2-9H,1H3. The van der Waals surface area contributed by atoms with E-state index in [0.29, 0.717) is 22.6 Å². The molecule has 1 aromatic heterocycles. The molecule has 0 saturated heterocycles. The van der Waals surface area contributed by atoms with Crippen LogP contribution in [0.4, 0.5) is 0 Å². The molecule has 0 fully saturated rings. The number of methoxy groups -OCH3 is 1. The fraction of sp³-hybridized carbons (Fsp3) is 0.0588. The largest absolute Gasteiger partial charge is 0.494 e. The number of carbonyl (C=O) groups is 2. The third kappa shape index (κ3) is 1.81. The molecule has 1 heterocycles. The zero-order chi connectivity index (χ0) is 16.0. The monoisotopic (exact) mass is 305 g/mol. The molecule has 0 atom stereocenters. The van der Waals surface area contributed by atoms with Crippen LogP contribution in [0.15, 0.2) is 48.5 Å². The lowest BCUT2D eigenvalue weighted by Gasteiger charge is -2.15. The van der Waals surface area contributed by atoms with Crippen LogP contribution in [0.3, 0.4) is 0 Å². The Hall–Kier alpha value is -3.28. The van der Waals surface area contributed by atoms with E-state index in [4.69, 9.17) is 4.74 Å². The molecule has 3 aromatic rings. The summed E-state index contributed by atoms with van der Waals surface area (Å²) in [5.41, 5.74) is 1.52. The van der Waals surface area contributed by atoms with E-state index in [1.54, 1.807) is 42.5 Å². The molecule has 4 rings (SSSR count). The van der Waals surface area contributed by atoms with Crippen LogP contribution in [-0.4, -0.2) is 33.7 Å². The lowest BCUT2D eigenvalue weighted by Crippen LogP contribution is -2.23. The van der Waals surface area contributed by atoms with E-state index in [0.717, 1.165) is 0 Å². The van der Waals surface area contributed by atoms with Gasteiger partial charge in [-0.3, -0.25) is 9.59 Å². The summed E-state index contributed by atoms with van der Waals surface area (Å²) in [7, 11) is 1.53. The van der Waals surface area contributed by atoms with Gasteiger partial charge in [-0.15, -0.1) is 5.10 Å². The van der Waals surface area contributed by atoms with Crippen molar-refractivity contribution in [3.8, 4) is 11.4 Å². The number of ketones is 2. The molecule has 0 spiro atoms. The third-order valence-electron chi connectivity index (χ3n) is 3.83. The molecule has 0 radical (unpaired) electrons. The normalized spacial score (nSPS) is 12.7. The number of ether oxygens (including phenoxy) is 1. The highest BCUT2D eigenvalue weighted by Crippen LogP contribution is 2.29. The van der Waals surface area contributed by atoms with Gasteiger partial charge in [-0.05, 0) is 12.1 Å². The predicted molar refractivity (Wildman–Crippen MR) is 81.2 cm³/mol. The average molecular weight is 305 g/mol. The fourth-order valence-corrected chi connectivity index (χ4v) is 2.75. The van der Waals surface area contributed by atoms with Crippen molar-refractivity contribution in [3.63, 3.8) is 0 Å². The highest BCUT2D eigenvalue weighted by molar-refractivity contribution is 6.27. The summed E-state index contributed by atoms with van der Waals surface area (Å²) in [5, 5.41) is 7.93. The topological polar surface area (TPSA) is 74.1 Å². The maximum atomic E-state index is 12.8. The van der Waals surface area contributed by atoms with Gasteiger partial charge in [-0.25, -0.2) is 4.68 Å². The van der Waals surface area contributed by atoms with Crippen LogP contribution in [0, 0.1) is 0 Å². The highest BCUT2D eigenvalue weighted by atomic mass is 16.5. The van der Waals surface area contributed by atoms with Crippen molar-refractivity contribution in [3.05, 3.63) is 71.0 Å². The fourth-order valence-electron chi connectivity index (χ4n) is 2.75. The minimum atomic E-state index is -0.295. The van der Waals surface area contributed by atoms with Gasteiger partial charge in [0.25, 0.3) is 0 Å². The summed E-state index contributed by atoms with van der Waals surface area (Å²) in [6.07, 6.45) is 0. The van der Waals surface area contributed by atoms with Crippen molar-refractivity contribution in [1.82, 2.24) is 15.0 Å². The van der Waals surface area contributed by atoms with E-state index in [1.807, 2.05) is 6.07 Å². The summed E-state index contributed by atoms with van der Waals surface area (Å²) in [5.74, 6) is -0.0261. The van der Waals surface area contributed by atoms with Crippen LogP contribution in [-0.2, 0) is 0 Å². The van der Waals surface area contributed by atoms with E-state index >= 15 is 0 Å². The molecule has 0 amide bonds.